The Morgan fingerprint density at radius 2 is 1.70 bits per heavy atom. The minimum Gasteiger partial charge on any atom is -0.481 e. The largest absolute Gasteiger partial charge is 0.481 e. The number of carbonyl (C=O) groups is 2. The van der Waals surface area contributed by atoms with E-state index < -0.39 is 55.9 Å². The van der Waals surface area contributed by atoms with Gasteiger partial charge in [0.05, 0.1) is 19.1 Å². The number of amides is 1. The highest BCUT2D eigenvalue weighted by Gasteiger charge is 2.51. The lowest BCUT2D eigenvalue weighted by atomic mass is 10.1. The van der Waals surface area contributed by atoms with Gasteiger partial charge in [-0.05, 0) is 0 Å². The van der Waals surface area contributed by atoms with Gasteiger partial charge in [0.1, 0.15) is 0 Å². The average molecular weight is 309 g/mol. The molecule has 0 aromatic carbocycles. The molecule has 0 aliphatic carbocycles. The number of ether oxygens (including phenoxy) is 1. The second-order valence-electron chi connectivity index (χ2n) is 4.09. The zero-order valence-corrected chi connectivity index (χ0v) is 9.66. The Morgan fingerprint density at radius 1 is 1.15 bits per heavy atom. The van der Waals surface area contributed by atoms with Crippen LogP contribution in [0.2, 0.25) is 0 Å². The third kappa shape index (κ3) is 4.25. The summed E-state index contributed by atoms with van der Waals surface area (Å²) >= 11 is 0. The normalized spacial score (nSPS) is 24.6. The van der Waals surface area contributed by atoms with E-state index in [1.54, 1.807) is 0 Å². The molecule has 2 unspecified atom stereocenters. The Labute approximate surface area is 108 Å². The predicted octanol–water partition coefficient (Wildman–Crippen LogP) is 1.18. The summed E-state index contributed by atoms with van der Waals surface area (Å²) in [4.78, 5) is 21.3. The lowest BCUT2D eigenvalue weighted by Gasteiger charge is -2.38. The van der Waals surface area contributed by atoms with Gasteiger partial charge in [-0.15, -0.1) is 0 Å². The number of carbonyl (C=O) groups excluding carboxylic acids is 1. The third-order valence-corrected chi connectivity index (χ3v) is 2.46. The van der Waals surface area contributed by atoms with Crippen LogP contribution in [0, 0.1) is 0 Å². The topological polar surface area (TPSA) is 66.8 Å². The number of carboxylic acid groups (broad SMARTS) is 1. The fourth-order valence-electron chi connectivity index (χ4n) is 1.67. The zero-order chi connectivity index (χ0) is 15.7. The molecule has 2 atom stereocenters. The molecule has 11 heteroatoms. The van der Waals surface area contributed by atoms with Crippen molar-refractivity contribution >= 4 is 11.9 Å². The van der Waals surface area contributed by atoms with Crippen LogP contribution in [0.1, 0.15) is 6.42 Å². The first-order chi connectivity index (χ1) is 8.91. The Bertz CT molecular complexity index is 393. The van der Waals surface area contributed by atoms with E-state index in [0.717, 1.165) is 0 Å². The molecule has 0 radical (unpaired) electrons. The van der Waals surface area contributed by atoms with E-state index >= 15 is 0 Å². The van der Waals surface area contributed by atoms with Crippen LogP contribution in [0.15, 0.2) is 0 Å². The minimum atomic E-state index is -5.33. The Hall–Kier alpha value is -1.52. The molecule has 5 nitrogen and oxygen atoms in total. The van der Waals surface area contributed by atoms with E-state index in [-0.39, 0.29) is 4.90 Å². The lowest BCUT2D eigenvalue weighted by molar-refractivity contribution is -0.258. The molecule has 0 aromatic rings. The number of rotatable bonds is 2. The molecule has 1 rings (SSSR count). The van der Waals surface area contributed by atoms with E-state index in [4.69, 9.17) is 5.11 Å². The highest BCUT2D eigenvalue weighted by Crippen LogP contribution is 2.30. The maximum absolute atomic E-state index is 12.5. The standard InChI is InChI=1S/C9H9F6NO4/c10-8(11,12)5-3-16(7(19)9(13,14)15)2-4(20-5)1-6(17)18/h4-5H,1-3H2,(H,17,18). The Morgan fingerprint density at radius 3 is 2.10 bits per heavy atom. The molecule has 1 heterocycles. The fraction of sp³-hybridized carbons (Fsp3) is 0.778. The van der Waals surface area contributed by atoms with Crippen molar-refractivity contribution in [1.82, 2.24) is 4.90 Å². The number of carboxylic acids is 1. The highest BCUT2D eigenvalue weighted by atomic mass is 19.4. The smallest absolute Gasteiger partial charge is 0.471 e. The highest BCUT2D eigenvalue weighted by molar-refractivity contribution is 5.82. The molecule has 116 valence electrons. The number of nitrogens with zero attached hydrogens (tertiary/aromatic N) is 1. The maximum atomic E-state index is 12.5. The molecular weight excluding hydrogens is 300 g/mol. The van der Waals surface area contributed by atoms with Crippen LogP contribution in [0.5, 0.6) is 0 Å². The molecule has 20 heavy (non-hydrogen) atoms. The van der Waals surface area contributed by atoms with Gasteiger partial charge in [-0.25, -0.2) is 0 Å². The first-order valence-electron chi connectivity index (χ1n) is 5.21. The van der Waals surface area contributed by atoms with Crippen LogP contribution in [0.4, 0.5) is 26.3 Å². The van der Waals surface area contributed by atoms with Gasteiger partial charge >= 0.3 is 24.2 Å². The van der Waals surface area contributed by atoms with Crippen molar-refractivity contribution in [2.24, 2.45) is 0 Å². The number of alkyl halides is 6. The van der Waals surface area contributed by atoms with Crippen molar-refractivity contribution in [2.45, 2.75) is 31.0 Å². The molecule has 1 fully saturated rings. The first kappa shape index (κ1) is 16.5. The molecule has 1 amide bonds. The minimum absolute atomic E-state index is 0.0880. The summed E-state index contributed by atoms with van der Waals surface area (Å²) in [5.41, 5.74) is 0. The molecule has 1 aliphatic rings. The van der Waals surface area contributed by atoms with Crippen LogP contribution in [0.3, 0.4) is 0 Å². The Balaban J connectivity index is 2.90. The van der Waals surface area contributed by atoms with Crippen LogP contribution in [-0.4, -0.2) is 59.5 Å². The van der Waals surface area contributed by atoms with Crippen LogP contribution < -0.4 is 0 Å². The summed E-state index contributed by atoms with van der Waals surface area (Å²) in [7, 11) is 0. The summed E-state index contributed by atoms with van der Waals surface area (Å²) in [6.45, 7) is -2.19. The van der Waals surface area contributed by atoms with Crippen LogP contribution in [0.25, 0.3) is 0 Å². The molecule has 0 aromatic heterocycles. The van der Waals surface area contributed by atoms with Gasteiger partial charge in [-0.3, -0.25) is 9.59 Å². The van der Waals surface area contributed by atoms with E-state index in [9.17, 15) is 35.9 Å². The average Bonchev–Trinajstić information content (AvgIpc) is 2.24. The third-order valence-electron chi connectivity index (χ3n) is 2.46. The predicted molar refractivity (Wildman–Crippen MR) is 49.6 cm³/mol. The van der Waals surface area contributed by atoms with Crippen molar-refractivity contribution in [3.8, 4) is 0 Å². The molecule has 1 saturated heterocycles. The van der Waals surface area contributed by atoms with Crippen LogP contribution >= 0.6 is 0 Å². The number of aliphatic carboxylic acids is 1. The van der Waals surface area contributed by atoms with Crippen LogP contribution in [-0.2, 0) is 14.3 Å². The lowest BCUT2D eigenvalue weighted by Crippen LogP contribution is -2.57. The van der Waals surface area contributed by atoms with Crippen molar-refractivity contribution in [3.05, 3.63) is 0 Å². The fourth-order valence-corrected chi connectivity index (χ4v) is 1.67. The Kier molecular flexibility index (Phi) is 4.52. The monoisotopic (exact) mass is 309 g/mol. The van der Waals surface area contributed by atoms with E-state index in [0.29, 0.717) is 0 Å². The van der Waals surface area contributed by atoms with Gasteiger partial charge < -0.3 is 14.7 Å². The second-order valence-corrected chi connectivity index (χ2v) is 4.09. The number of morpholine rings is 1. The van der Waals surface area contributed by atoms with E-state index in [1.807, 2.05) is 0 Å². The van der Waals surface area contributed by atoms with Crippen molar-refractivity contribution in [1.29, 1.82) is 0 Å². The van der Waals surface area contributed by atoms with Gasteiger partial charge in [0.25, 0.3) is 0 Å². The van der Waals surface area contributed by atoms with E-state index in [2.05, 4.69) is 4.74 Å². The van der Waals surface area contributed by atoms with Gasteiger partial charge in [0, 0.05) is 6.54 Å². The first-order valence-corrected chi connectivity index (χ1v) is 5.21. The zero-order valence-electron chi connectivity index (χ0n) is 9.66. The van der Waals surface area contributed by atoms with Crippen molar-refractivity contribution in [2.75, 3.05) is 13.1 Å². The maximum Gasteiger partial charge on any atom is 0.471 e. The number of hydrogen-bond donors (Lipinski definition) is 1. The number of hydrogen-bond acceptors (Lipinski definition) is 3. The van der Waals surface area contributed by atoms with Gasteiger partial charge in [-0.2, -0.15) is 26.3 Å². The summed E-state index contributed by atoms with van der Waals surface area (Å²) < 4.78 is 78.5. The molecule has 0 saturated carbocycles. The van der Waals surface area contributed by atoms with Gasteiger partial charge in [0.15, 0.2) is 6.10 Å². The summed E-state index contributed by atoms with van der Waals surface area (Å²) in [6.07, 6.45) is -15.6. The molecule has 0 spiro atoms. The molecule has 1 N–H and O–H groups in total. The van der Waals surface area contributed by atoms with Gasteiger partial charge in [0.2, 0.25) is 0 Å². The molecule has 0 bridgehead atoms. The van der Waals surface area contributed by atoms with Crippen molar-refractivity contribution < 1.29 is 45.8 Å². The number of halogens is 6. The SMILES string of the molecule is O=C(O)CC1CN(C(=O)C(F)(F)F)CC(C(F)(F)F)O1. The van der Waals surface area contributed by atoms with Crippen molar-refractivity contribution in [3.63, 3.8) is 0 Å². The molecular formula is C9H9F6NO4. The summed E-state index contributed by atoms with van der Waals surface area (Å²) in [5.74, 6) is -4.00. The molecule has 1 aliphatic heterocycles. The second kappa shape index (κ2) is 5.46. The summed E-state index contributed by atoms with van der Waals surface area (Å²) in [6, 6.07) is 0. The quantitative estimate of drug-likeness (QED) is 0.778. The van der Waals surface area contributed by atoms with Gasteiger partial charge in [-0.1, -0.05) is 0 Å². The van der Waals surface area contributed by atoms with E-state index in [1.165, 1.54) is 0 Å². The summed E-state index contributed by atoms with van der Waals surface area (Å²) in [5, 5.41) is 8.45.